The van der Waals surface area contributed by atoms with Crippen LogP contribution in [0.4, 0.5) is 14.5 Å². The first-order valence-electron chi connectivity index (χ1n) is 5.22. The van der Waals surface area contributed by atoms with Crippen LogP contribution in [0.25, 0.3) is 0 Å². The molecule has 4 nitrogen and oxygen atoms in total. The maximum atomic E-state index is 13.4. The van der Waals surface area contributed by atoms with Crippen LogP contribution < -0.4 is 11.1 Å². The van der Waals surface area contributed by atoms with Gasteiger partial charge in [0.1, 0.15) is 17.7 Å². The molecular weight excluding hydrogens is 230 g/mol. The third kappa shape index (κ3) is 3.36. The quantitative estimate of drug-likeness (QED) is 0.572. The Hall–Kier alpha value is -1.24. The fourth-order valence-corrected chi connectivity index (χ4v) is 1.46. The van der Waals surface area contributed by atoms with Gasteiger partial charge < -0.3 is 21.3 Å². The van der Waals surface area contributed by atoms with Gasteiger partial charge in [-0.2, -0.15) is 0 Å². The van der Waals surface area contributed by atoms with Crippen LogP contribution in [0.5, 0.6) is 0 Å². The van der Waals surface area contributed by atoms with Crippen molar-refractivity contribution in [3.05, 3.63) is 29.3 Å². The highest BCUT2D eigenvalue weighted by molar-refractivity contribution is 5.43. The Morgan fingerprint density at radius 2 is 1.94 bits per heavy atom. The van der Waals surface area contributed by atoms with E-state index in [0.717, 1.165) is 12.1 Å². The van der Waals surface area contributed by atoms with Crippen molar-refractivity contribution in [2.24, 2.45) is 0 Å². The van der Waals surface area contributed by atoms with E-state index < -0.39 is 23.8 Å². The van der Waals surface area contributed by atoms with Gasteiger partial charge in [0.2, 0.25) is 0 Å². The number of nitrogens with two attached hydrogens (primary N) is 1. The predicted octanol–water partition coefficient (Wildman–Crippen LogP) is 0.551. The first-order chi connectivity index (χ1) is 7.97. The van der Waals surface area contributed by atoms with Gasteiger partial charge in [-0.15, -0.1) is 0 Å². The molecule has 0 aliphatic heterocycles. The lowest BCUT2D eigenvalue weighted by molar-refractivity contribution is 0.0118. The molecule has 2 unspecified atom stereocenters. The van der Waals surface area contributed by atoms with E-state index in [1.54, 1.807) is 7.05 Å². The first-order valence-corrected chi connectivity index (χ1v) is 5.22. The van der Waals surface area contributed by atoms with Crippen LogP contribution in [-0.2, 0) is 0 Å². The molecule has 0 saturated carbocycles. The second-order valence-corrected chi connectivity index (χ2v) is 3.80. The van der Waals surface area contributed by atoms with Crippen LogP contribution in [0.15, 0.2) is 12.1 Å². The minimum Gasteiger partial charge on any atom is -0.396 e. The van der Waals surface area contributed by atoms with Crippen molar-refractivity contribution in [2.45, 2.75) is 18.6 Å². The number of nitrogens with one attached hydrogen (secondary N) is 1. The molecule has 17 heavy (non-hydrogen) atoms. The Morgan fingerprint density at radius 3 is 2.53 bits per heavy atom. The predicted molar refractivity (Wildman–Crippen MR) is 60.3 cm³/mol. The lowest BCUT2D eigenvalue weighted by atomic mass is 10.0. The van der Waals surface area contributed by atoms with E-state index in [2.05, 4.69) is 5.32 Å². The summed E-state index contributed by atoms with van der Waals surface area (Å²) in [7, 11) is 1.68. The number of hydrogen-bond acceptors (Lipinski definition) is 4. The lowest BCUT2D eigenvalue weighted by Crippen LogP contribution is -2.24. The van der Waals surface area contributed by atoms with Gasteiger partial charge in [0, 0.05) is 11.6 Å². The molecule has 1 aromatic carbocycles. The van der Waals surface area contributed by atoms with Gasteiger partial charge in [0.15, 0.2) is 0 Å². The molecule has 0 fully saturated rings. The molecule has 2 atom stereocenters. The number of aliphatic hydroxyl groups excluding tert-OH is 2. The second kappa shape index (κ2) is 5.90. The zero-order chi connectivity index (χ0) is 13.0. The molecule has 0 heterocycles. The molecule has 0 spiro atoms. The topological polar surface area (TPSA) is 78.5 Å². The average molecular weight is 246 g/mol. The van der Waals surface area contributed by atoms with Crippen molar-refractivity contribution in [1.29, 1.82) is 0 Å². The summed E-state index contributed by atoms with van der Waals surface area (Å²) < 4.78 is 26.6. The van der Waals surface area contributed by atoms with E-state index >= 15 is 0 Å². The van der Waals surface area contributed by atoms with Gasteiger partial charge in [0.25, 0.3) is 0 Å². The van der Waals surface area contributed by atoms with Gasteiger partial charge in [0.05, 0.1) is 11.8 Å². The summed E-state index contributed by atoms with van der Waals surface area (Å²) in [5.41, 5.74) is 4.56. The van der Waals surface area contributed by atoms with E-state index in [1.165, 1.54) is 0 Å². The molecular formula is C11H16F2N2O2. The van der Waals surface area contributed by atoms with Gasteiger partial charge in [-0.05, 0) is 26.1 Å². The molecule has 96 valence electrons. The monoisotopic (exact) mass is 246 g/mol. The maximum Gasteiger partial charge on any atom is 0.146 e. The van der Waals surface area contributed by atoms with E-state index in [4.69, 9.17) is 5.73 Å². The molecule has 6 heteroatoms. The summed E-state index contributed by atoms with van der Waals surface area (Å²) in [6, 6.07) is 1.59. The van der Waals surface area contributed by atoms with Crippen molar-refractivity contribution in [3.63, 3.8) is 0 Å². The van der Waals surface area contributed by atoms with Crippen LogP contribution in [-0.4, -0.2) is 29.9 Å². The Bertz CT molecular complexity index is 388. The fraction of sp³-hybridized carbons (Fsp3) is 0.455. The summed E-state index contributed by atoms with van der Waals surface area (Å²) in [4.78, 5) is 0. The van der Waals surface area contributed by atoms with E-state index in [-0.39, 0.29) is 17.7 Å². The molecule has 0 aliphatic carbocycles. The standard InChI is InChI=1S/C11H16F2N2O2/c1-15-3-2-10(16)11(17)6-4-8(13)9(14)5-7(6)12/h4-5,10-11,15-17H,2-3,14H2,1H3. The smallest absolute Gasteiger partial charge is 0.146 e. The summed E-state index contributed by atoms with van der Waals surface area (Å²) in [6.45, 7) is 0.456. The van der Waals surface area contributed by atoms with E-state index in [0.29, 0.717) is 6.54 Å². The van der Waals surface area contributed by atoms with Crippen molar-refractivity contribution < 1.29 is 19.0 Å². The number of hydrogen-bond donors (Lipinski definition) is 4. The zero-order valence-corrected chi connectivity index (χ0v) is 9.45. The summed E-state index contributed by atoms with van der Waals surface area (Å²) in [6.07, 6.45) is -2.42. The van der Waals surface area contributed by atoms with Crippen molar-refractivity contribution in [2.75, 3.05) is 19.3 Å². The molecule has 0 amide bonds. The summed E-state index contributed by atoms with van der Waals surface area (Å²) >= 11 is 0. The number of halogens is 2. The van der Waals surface area contributed by atoms with E-state index in [9.17, 15) is 19.0 Å². The van der Waals surface area contributed by atoms with Crippen molar-refractivity contribution in [3.8, 4) is 0 Å². The number of rotatable bonds is 5. The third-order valence-electron chi connectivity index (χ3n) is 2.49. The normalized spacial score (nSPS) is 14.6. The highest BCUT2D eigenvalue weighted by Crippen LogP contribution is 2.25. The Balaban J connectivity index is 2.88. The van der Waals surface area contributed by atoms with Crippen LogP contribution >= 0.6 is 0 Å². The molecule has 1 rings (SSSR count). The third-order valence-corrected chi connectivity index (χ3v) is 2.49. The lowest BCUT2D eigenvalue weighted by Gasteiger charge is -2.19. The molecule has 0 saturated heterocycles. The molecule has 0 radical (unpaired) electrons. The van der Waals surface area contributed by atoms with Gasteiger partial charge >= 0.3 is 0 Å². The number of anilines is 1. The largest absolute Gasteiger partial charge is 0.396 e. The minimum atomic E-state index is -1.47. The average Bonchev–Trinajstić information content (AvgIpc) is 2.29. The van der Waals surface area contributed by atoms with Crippen LogP contribution in [0, 0.1) is 11.6 Å². The Kier molecular flexibility index (Phi) is 4.80. The summed E-state index contributed by atoms with van der Waals surface area (Å²) in [5.74, 6) is -1.65. The van der Waals surface area contributed by atoms with Crippen molar-refractivity contribution in [1.82, 2.24) is 5.32 Å². The molecule has 5 N–H and O–H groups in total. The van der Waals surface area contributed by atoms with Crippen molar-refractivity contribution >= 4 is 5.69 Å². The molecule has 0 bridgehead atoms. The van der Waals surface area contributed by atoms with Gasteiger partial charge in [-0.3, -0.25) is 0 Å². The molecule has 0 aromatic heterocycles. The van der Waals surface area contributed by atoms with Gasteiger partial charge in [-0.1, -0.05) is 0 Å². The first kappa shape index (κ1) is 13.8. The number of nitrogen functional groups attached to an aromatic ring is 1. The SMILES string of the molecule is CNCCC(O)C(O)c1cc(F)c(N)cc1F. The van der Waals surface area contributed by atoms with E-state index in [1.807, 2.05) is 0 Å². The maximum absolute atomic E-state index is 13.4. The molecule has 1 aromatic rings. The number of aliphatic hydroxyl groups is 2. The number of benzene rings is 1. The zero-order valence-electron chi connectivity index (χ0n) is 9.45. The van der Waals surface area contributed by atoms with Gasteiger partial charge in [-0.25, -0.2) is 8.78 Å². The van der Waals surface area contributed by atoms with Crippen LogP contribution in [0.3, 0.4) is 0 Å². The molecule has 0 aliphatic rings. The fourth-order valence-electron chi connectivity index (χ4n) is 1.46. The van der Waals surface area contributed by atoms with Crippen LogP contribution in [0.1, 0.15) is 18.1 Å². The van der Waals surface area contributed by atoms with Crippen LogP contribution in [0.2, 0.25) is 0 Å². The highest BCUT2D eigenvalue weighted by atomic mass is 19.1. The Morgan fingerprint density at radius 1 is 1.29 bits per heavy atom. The second-order valence-electron chi connectivity index (χ2n) is 3.80. The highest BCUT2D eigenvalue weighted by Gasteiger charge is 2.22. The minimum absolute atomic E-state index is 0.225. The Labute approximate surface area is 98.1 Å². The summed E-state index contributed by atoms with van der Waals surface area (Å²) in [5, 5.41) is 22.0.